The number of esters is 4. The third kappa shape index (κ3) is 66.7. The first-order valence-electron chi connectivity index (χ1n) is 38.0. The number of hydrogen-bond acceptors (Lipinski definition) is 15. The molecule has 0 aromatic rings. The molecule has 92 heavy (non-hydrogen) atoms. The van der Waals surface area contributed by atoms with Crippen LogP contribution in [0.15, 0.2) is 0 Å². The molecule has 3 N–H and O–H groups in total. The third-order valence-electron chi connectivity index (χ3n) is 17.0. The van der Waals surface area contributed by atoms with Gasteiger partial charge in [0, 0.05) is 25.7 Å². The topological polar surface area (TPSA) is 237 Å². The van der Waals surface area contributed by atoms with Gasteiger partial charge < -0.3 is 33.8 Å². The fraction of sp³-hybridized carbons (Fsp3) is 0.945. The number of aliphatic hydroxyl groups is 1. The number of carbonyl (C=O) groups excluding carboxylic acids is 4. The van der Waals surface area contributed by atoms with Crippen LogP contribution >= 0.6 is 15.6 Å². The summed E-state index contributed by atoms with van der Waals surface area (Å²) in [5, 5.41) is 10.6. The van der Waals surface area contributed by atoms with Gasteiger partial charge in [-0.25, -0.2) is 9.13 Å². The highest BCUT2D eigenvalue weighted by molar-refractivity contribution is 7.47. The minimum atomic E-state index is -4.95. The molecule has 546 valence electrons. The van der Waals surface area contributed by atoms with E-state index < -0.39 is 97.5 Å². The summed E-state index contributed by atoms with van der Waals surface area (Å²) in [6.07, 6.45) is 51.6. The Kier molecular flexibility index (Phi) is 63.7. The lowest BCUT2D eigenvalue weighted by molar-refractivity contribution is -0.161. The molecule has 0 aliphatic carbocycles. The van der Waals surface area contributed by atoms with E-state index in [0.717, 1.165) is 95.8 Å². The number of phosphoric ester groups is 2. The summed E-state index contributed by atoms with van der Waals surface area (Å²) in [5.41, 5.74) is 0. The van der Waals surface area contributed by atoms with Crippen LogP contribution in [0, 0.1) is 11.8 Å². The van der Waals surface area contributed by atoms with Crippen molar-refractivity contribution in [2.24, 2.45) is 11.8 Å². The quantitative estimate of drug-likeness (QED) is 0.0222. The normalized spacial score (nSPS) is 14.1. The van der Waals surface area contributed by atoms with Crippen molar-refractivity contribution in [3.63, 3.8) is 0 Å². The zero-order valence-electron chi connectivity index (χ0n) is 59.9. The van der Waals surface area contributed by atoms with Gasteiger partial charge in [0.15, 0.2) is 12.2 Å². The van der Waals surface area contributed by atoms with Gasteiger partial charge in [-0.15, -0.1) is 0 Å². The molecular weight excluding hydrogens is 1210 g/mol. The van der Waals surface area contributed by atoms with Gasteiger partial charge in [0.2, 0.25) is 0 Å². The van der Waals surface area contributed by atoms with E-state index in [2.05, 4.69) is 41.5 Å². The molecule has 0 saturated carbocycles. The highest BCUT2D eigenvalue weighted by Gasteiger charge is 2.30. The third-order valence-corrected chi connectivity index (χ3v) is 18.9. The first-order chi connectivity index (χ1) is 44.4. The van der Waals surface area contributed by atoms with Crippen molar-refractivity contribution in [3.8, 4) is 0 Å². The smallest absolute Gasteiger partial charge is 0.462 e. The second-order valence-electron chi connectivity index (χ2n) is 27.3. The Morgan fingerprint density at radius 3 is 0.739 bits per heavy atom. The van der Waals surface area contributed by atoms with Crippen molar-refractivity contribution in [3.05, 3.63) is 0 Å². The SMILES string of the molecule is CCCCCCCCCCCCCCCCCCCCC(=O)O[C@H](COC(=O)CCCCCCCCCCCCCCCC(C)C)COP(=O)(O)OC[C@@H](O)COP(=O)(O)OC[C@@H](COC(=O)CCCCCCCCCCC)OC(=O)CCCCCCCCC(C)C. The molecule has 0 spiro atoms. The minimum Gasteiger partial charge on any atom is -0.462 e. The lowest BCUT2D eigenvalue weighted by atomic mass is 10.0. The van der Waals surface area contributed by atoms with Gasteiger partial charge in [0.05, 0.1) is 26.4 Å². The standard InChI is InChI=1S/C73H142O17P2/c1-7-9-11-13-15-17-18-19-20-21-22-23-26-30-34-38-45-51-57-72(77)89-68(61-84-71(76)56-50-44-37-33-29-27-24-25-28-32-35-41-47-53-65(3)4)63-87-91(79,80)85-59-67(74)60-86-92(81,82)88-64-69(90-73(78)58-52-46-40-39-42-48-54-66(5)6)62-83-70(75)55-49-43-36-31-16-14-12-10-8-2/h65-69,74H,7-64H2,1-6H3,(H,79,80)(H,81,82)/t67-,68-,69-/m1/s1. The number of carbonyl (C=O) groups is 4. The Morgan fingerprint density at radius 1 is 0.293 bits per heavy atom. The molecule has 0 aromatic heterocycles. The maximum atomic E-state index is 13.1. The number of phosphoric acid groups is 2. The molecule has 0 saturated heterocycles. The maximum absolute atomic E-state index is 13.1. The van der Waals surface area contributed by atoms with Crippen LogP contribution in [-0.4, -0.2) is 96.7 Å². The lowest BCUT2D eigenvalue weighted by Gasteiger charge is -2.21. The minimum absolute atomic E-state index is 0.102. The Balaban J connectivity index is 5.20. The van der Waals surface area contributed by atoms with E-state index in [0.29, 0.717) is 31.6 Å². The van der Waals surface area contributed by atoms with Crippen LogP contribution in [0.4, 0.5) is 0 Å². The van der Waals surface area contributed by atoms with Gasteiger partial charge in [-0.2, -0.15) is 0 Å². The van der Waals surface area contributed by atoms with Gasteiger partial charge in [-0.3, -0.25) is 37.3 Å². The summed E-state index contributed by atoms with van der Waals surface area (Å²) in [6.45, 7) is 9.48. The molecule has 0 radical (unpaired) electrons. The molecule has 19 heteroatoms. The van der Waals surface area contributed by atoms with Gasteiger partial charge in [-0.05, 0) is 37.5 Å². The molecule has 0 amide bonds. The van der Waals surface area contributed by atoms with E-state index >= 15 is 0 Å². The molecule has 0 fully saturated rings. The van der Waals surface area contributed by atoms with Crippen molar-refractivity contribution in [1.29, 1.82) is 0 Å². The Hall–Kier alpha value is -1.94. The molecule has 0 aromatic carbocycles. The molecule has 0 aliphatic rings. The lowest BCUT2D eigenvalue weighted by Crippen LogP contribution is -2.30. The summed E-state index contributed by atoms with van der Waals surface area (Å²) < 4.78 is 68.3. The maximum Gasteiger partial charge on any atom is 0.472 e. The number of rotatable bonds is 72. The highest BCUT2D eigenvalue weighted by atomic mass is 31.2. The van der Waals surface area contributed by atoms with E-state index in [4.69, 9.17) is 37.0 Å². The van der Waals surface area contributed by atoms with Crippen LogP contribution < -0.4 is 0 Å². The predicted octanol–water partition coefficient (Wildman–Crippen LogP) is 21.2. The molecule has 2 unspecified atom stereocenters. The van der Waals surface area contributed by atoms with E-state index in [1.165, 1.54) is 193 Å². The first kappa shape index (κ1) is 90.1. The fourth-order valence-corrected chi connectivity index (χ4v) is 12.7. The van der Waals surface area contributed by atoms with Crippen LogP contribution in [0.5, 0.6) is 0 Å². The van der Waals surface area contributed by atoms with E-state index in [-0.39, 0.29) is 25.7 Å². The second-order valence-corrected chi connectivity index (χ2v) is 30.2. The first-order valence-corrected chi connectivity index (χ1v) is 41.0. The Morgan fingerprint density at radius 2 is 0.500 bits per heavy atom. The Bertz CT molecular complexity index is 1790. The summed E-state index contributed by atoms with van der Waals surface area (Å²) >= 11 is 0. The molecule has 0 rings (SSSR count). The van der Waals surface area contributed by atoms with Crippen LogP contribution in [-0.2, 0) is 65.4 Å². The molecular formula is C73H142O17P2. The van der Waals surface area contributed by atoms with Crippen molar-refractivity contribution in [1.82, 2.24) is 0 Å². The predicted molar refractivity (Wildman–Crippen MR) is 372 cm³/mol. The summed E-state index contributed by atoms with van der Waals surface area (Å²) in [4.78, 5) is 72.6. The van der Waals surface area contributed by atoms with Crippen LogP contribution in [0.3, 0.4) is 0 Å². The number of hydrogen-bond donors (Lipinski definition) is 3. The van der Waals surface area contributed by atoms with Crippen molar-refractivity contribution < 1.29 is 80.2 Å². The van der Waals surface area contributed by atoms with Crippen molar-refractivity contribution >= 4 is 39.5 Å². The summed E-state index contributed by atoms with van der Waals surface area (Å²) in [7, 11) is -9.90. The number of ether oxygens (including phenoxy) is 4. The Labute approximate surface area is 562 Å². The zero-order chi connectivity index (χ0) is 67.9. The van der Waals surface area contributed by atoms with Gasteiger partial charge in [0.25, 0.3) is 0 Å². The zero-order valence-corrected chi connectivity index (χ0v) is 61.6. The van der Waals surface area contributed by atoms with E-state index in [1.807, 2.05) is 0 Å². The van der Waals surface area contributed by atoms with Gasteiger partial charge >= 0.3 is 39.5 Å². The van der Waals surface area contributed by atoms with E-state index in [1.54, 1.807) is 0 Å². The highest BCUT2D eigenvalue weighted by Crippen LogP contribution is 2.45. The van der Waals surface area contributed by atoms with Crippen LogP contribution in [0.25, 0.3) is 0 Å². The summed E-state index contributed by atoms with van der Waals surface area (Å²) in [6, 6.07) is 0. The van der Waals surface area contributed by atoms with E-state index in [9.17, 15) is 43.2 Å². The monoisotopic (exact) mass is 1350 g/mol. The van der Waals surface area contributed by atoms with Gasteiger partial charge in [-0.1, -0.05) is 324 Å². The summed E-state index contributed by atoms with van der Waals surface area (Å²) in [5.74, 6) is -0.664. The molecule has 0 aliphatic heterocycles. The molecule has 17 nitrogen and oxygen atoms in total. The van der Waals surface area contributed by atoms with Crippen LogP contribution in [0.1, 0.15) is 375 Å². The number of unbranched alkanes of at least 4 members (excludes halogenated alkanes) is 42. The van der Waals surface area contributed by atoms with Gasteiger partial charge in [0.1, 0.15) is 19.3 Å². The van der Waals surface area contributed by atoms with Crippen molar-refractivity contribution in [2.75, 3.05) is 39.6 Å². The molecule has 0 bridgehead atoms. The largest absolute Gasteiger partial charge is 0.472 e. The fourth-order valence-electron chi connectivity index (χ4n) is 11.1. The average molecular weight is 1350 g/mol. The van der Waals surface area contributed by atoms with Crippen molar-refractivity contribution in [2.45, 2.75) is 394 Å². The molecule has 5 atom stereocenters. The average Bonchev–Trinajstić information content (AvgIpc) is 2.42. The second kappa shape index (κ2) is 65.0. The molecule has 0 heterocycles. The van der Waals surface area contributed by atoms with Crippen LogP contribution in [0.2, 0.25) is 0 Å². The number of aliphatic hydroxyl groups excluding tert-OH is 1.